The van der Waals surface area contributed by atoms with Crippen LogP contribution in [0.3, 0.4) is 0 Å². The number of nitrogen functional groups attached to an aromatic ring is 1. The lowest BCUT2D eigenvalue weighted by molar-refractivity contribution is 0.0813. The molecule has 0 aliphatic heterocycles. The van der Waals surface area contributed by atoms with Crippen LogP contribution in [0.4, 0.5) is 5.69 Å². The fourth-order valence-corrected chi connectivity index (χ4v) is 2.24. The third-order valence-electron chi connectivity index (χ3n) is 2.87. The monoisotopic (exact) mass is 275 g/mol. The second-order valence-electron chi connectivity index (χ2n) is 4.07. The number of anilines is 1. The summed E-state index contributed by atoms with van der Waals surface area (Å²) in [7, 11) is 0. The summed E-state index contributed by atoms with van der Waals surface area (Å²) >= 11 is 6.02. The van der Waals surface area contributed by atoms with Crippen molar-refractivity contribution >= 4 is 23.5 Å². The first-order valence-electron chi connectivity index (χ1n) is 5.67. The molecule has 0 radical (unpaired) electrons. The minimum Gasteiger partial charge on any atom is -0.398 e. The summed E-state index contributed by atoms with van der Waals surface area (Å²) in [4.78, 5) is 5.06. The van der Waals surface area contributed by atoms with Gasteiger partial charge >= 0.3 is 0 Å². The van der Waals surface area contributed by atoms with E-state index in [-0.39, 0.29) is 0 Å². The number of halogens is 1. The number of rotatable bonds is 4. The highest BCUT2D eigenvalue weighted by Crippen LogP contribution is 2.32. The van der Waals surface area contributed by atoms with E-state index >= 15 is 0 Å². The molecule has 0 aliphatic carbocycles. The zero-order valence-corrected chi connectivity index (χ0v) is 10.9. The van der Waals surface area contributed by atoms with Crippen LogP contribution in [0.2, 0.25) is 5.02 Å². The summed E-state index contributed by atoms with van der Waals surface area (Å²) in [5, 5.41) is 7.96. The van der Waals surface area contributed by atoms with Crippen molar-refractivity contribution in [2.45, 2.75) is 6.10 Å². The largest absolute Gasteiger partial charge is 0.398 e. The Kier molecular flexibility index (Phi) is 4.16. The fourth-order valence-electron chi connectivity index (χ4n) is 2.00. The van der Waals surface area contributed by atoms with E-state index in [1.807, 2.05) is 30.3 Å². The predicted octanol–water partition coefficient (Wildman–Crippen LogP) is 2.90. The van der Waals surface area contributed by atoms with Crippen molar-refractivity contribution in [3.63, 3.8) is 0 Å². The van der Waals surface area contributed by atoms with Gasteiger partial charge in [-0.15, -0.1) is 0 Å². The summed E-state index contributed by atoms with van der Waals surface area (Å²) < 4.78 is 0. The summed E-state index contributed by atoms with van der Waals surface area (Å²) in [6.07, 6.45) is 0.662. The van der Waals surface area contributed by atoms with Gasteiger partial charge < -0.3 is 11.1 Å². The van der Waals surface area contributed by atoms with Crippen LogP contribution in [0.15, 0.2) is 42.5 Å². The average molecular weight is 276 g/mol. The molecule has 0 saturated carbocycles. The SMILES string of the molecule is N=Cc1c(N)cc(Cl)cc1C(ON)c1ccccc1. The zero-order valence-electron chi connectivity index (χ0n) is 10.1. The smallest absolute Gasteiger partial charge is 0.130 e. The molecule has 1 unspecified atom stereocenters. The van der Waals surface area contributed by atoms with Crippen LogP contribution in [-0.2, 0) is 4.84 Å². The van der Waals surface area contributed by atoms with E-state index in [0.717, 1.165) is 5.56 Å². The maximum absolute atomic E-state index is 7.48. The highest BCUT2D eigenvalue weighted by atomic mass is 35.5. The van der Waals surface area contributed by atoms with Gasteiger partial charge in [-0.25, -0.2) is 5.90 Å². The van der Waals surface area contributed by atoms with Crippen LogP contribution in [0, 0.1) is 5.41 Å². The van der Waals surface area contributed by atoms with Crippen molar-refractivity contribution < 1.29 is 4.84 Å². The van der Waals surface area contributed by atoms with E-state index in [2.05, 4.69) is 0 Å². The Hall–Kier alpha value is -1.88. The first kappa shape index (κ1) is 13.5. The molecule has 0 fully saturated rings. The predicted molar refractivity (Wildman–Crippen MR) is 77.3 cm³/mol. The van der Waals surface area contributed by atoms with Crippen molar-refractivity contribution in [1.82, 2.24) is 0 Å². The van der Waals surface area contributed by atoms with Crippen molar-refractivity contribution in [2.75, 3.05) is 5.73 Å². The first-order chi connectivity index (χ1) is 9.17. The van der Waals surface area contributed by atoms with Crippen LogP contribution in [0.25, 0.3) is 0 Å². The lowest BCUT2D eigenvalue weighted by Crippen LogP contribution is -2.14. The summed E-state index contributed by atoms with van der Waals surface area (Å²) in [6, 6.07) is 12.8. The minimum atomic E-state index is -0.515. The second-order valence-corrected chi connectivity index (χ2v) is 4.51. The highest BCUT2D eigenvalue weighted by Gasteiger charge is 2.19. The van der Waals surface area contributed by atoms with E-state index in [9.17, 15) is 0 Å². The van der Waals surface area contributed by atoms with Crippen molar-refractivity contribution in [2.24, 2.45) is 5.90 Å². The third kappa shape index (κ3) is 2.76. The van der Waals surface area contributed by atoms with E-state index in [1.165, 1.54) is 6.21 Å². The number of hydrogen-bond acceptors (Lipinski definition) is 4. The van der Waals surface area contributed by atoms with Crippen molar-refractivity contribution in [3.8, 4) is 0 Å². The molecule has 98 valence electrons. The van der Waals surface area contributed by atoms with Gasteiger partial charge in [0.2, 0.25) is 0 Å². The van der Waals surface area contributed by atoms with Gasteiger partial charge in [-0.05, 0) is 23.3 Å². The Morgan fingerprint density at radius 2 is 1.89 bits per heavy atom. The van der Waals surface area contributed by atoms with Crippen LogP contribution >= 0.6 is 11.6 Å². The van der Waals surface area contributed by atoms with E-state index in [0.29, 0.717) is 21.8 Å². The van der Waals surface area contributed by atoms with Gasteiger partial charge in [0.25, 0.3) is 0 Å². The van der Waals surface area contributed by atoms with Crippen LogP contribution in [0.5, 0.6) is 0 Å². The van der Waals surface area contributed by atoms with Crippen LogP contribution in [0.1, 0.15) is 22.8 Å². The minimum absolute atomic E-state index is 0.426. The second kappa shape index (κ2) is 5.84. The molecule has 2 aromatic carbocycles. The molecular weight excluding hydrogens is 262 g/mol. The Balaban J connectivity index is 2.58. The molecule has 2 aromatic rings. The molecule has 5 N–H and O–H groups in total. The molecule has 1 atom stereocenters. The molecule has 0 spiro atoms. The first-order valence-corrected chi connectivity index (χ1v) is 6.05. The van der Waals surface area contributed by atoms with Crippen LogP contribution in [-0.4, -0.2) is 6.21 Å². The highest BCUT2D eigenvalue weighted by molar-refractivity contribution is 6.31. The maximum atomic E-state index is 7.48. The Bertz CT molecular complexity index is 587. The van der Waals surface area contributed by atoms with Crippen molar-refractivity contribution in [1.29, 1.82) is 5.41 Å². The Morgan fingerprint density at radius 3 is 2.47 bits per heavy atom. The summed E-state index contributed by atoms with van der Waals surface area (Å²) in [5.41, 5.74) is 8.40. The van der Waals surface area contributed by atoms with Gasteiger partial charge in [-0.3, -0.25) is 4.84 Å². The maximum Gasteiger partial charge on any atom is 0.130 e. The molecule has 5 heteroatoms. The molecule has 4 nitrogen and oxygen atoms in total. The molecule has 19 heavy (non-hydrogen) atoms. The van der Waals surface area contributed by atoms with E-state index in [1.54, 1.807) is 12.1 Å². The standard InChI is InChI=1S/C14H14ClN3O/c15-10-6-11(12(8-16)13(17)7-10)14(19-18)9-4-2-1-3-5-9/h1-8,14,16H,17-18H2. The normalized spacial score (nSPS) is 12.1. The third-order valence-corrected chi connectivity index (χ3v) is 3.09. The molecule has 0 saturated heterocycles. The topological polar surface area (TPSA) is 85.1 Å². The van der Waals surface area contributed by atoms with E-state index in [4.69, 9.17) is 33.5 Å². The quantitative estimate of drug-likeness (QED) is 0.456. The zero-order chi connectivity index (χ0) is 13.8. The number of nitrogens with one attached hydrogen (secondary N) is 1. The fraction of sp³-hybridized carbons (Fsp3) is 0.0714. The Morgan fingerprint density at radius 1 is 1.21 bits per heavy atom. The molecule has 0 aromatic heterocycles. The van der Waals surface area contributed by atoms with Crippen molar-refractivity contribution in [3.05, 3.63) is 64.2 Å². The summed E-state index contributed by atoms with van der Waals surface area (Å²) in [5.74, 6) is 5.40. The lowest BCUT2D eigenvalue weighted by Gasteiger charge is -2.19. The van der Waals surface area contributed by atoms with Gasteiger partial charge in [-0.2, -0.15) is 0 Å². The molecule has 2 rings (SSSR count). The average Bonchev–Trinajstić information content (AvgIpc) is 2.40. The lowest BCUT2D eigenvalue weighted by atomic mass is 9.96. The molecule has 0 aliphatic rings. The van der Waals surface area contributed by atoms with Gasteiger partial charge in [-0.1, -0.05) is 41.9 Å². The number of nitrogens with two attached hydrogens (primary N) is 2. The molecule has 0 bridgehead atoms. The molecule has 0 heterocycles. The summed E-state index contributed by atoms with van der Waals surface area (Å²) in [6.45, 7) is 0. The van der Waals surface area contributed by atoms with E-state index < -0.39 is 6.10 Å². The Labute approximate surface area is 116 Å². The van der Waals surface area contributed by atoms with Gasteiger partial charge in [0.05, 0.1) is 0 Å². The molecule has 0 amide bonds. The number of hydrogen-bond donors (Lipinski definition) is 3. The van der Waals surface area contributed by atoms with Gasteiger partial charge in [0.15, 0.2) is 0 Å². The van der Waals surface area contributed by atoms with Gasteiger partial charge in [0, 0.05) is 22.5 Å². The molecular formula is C14H14ClN3O. The number of benzene rings is 2. The van der Waals surface area contributed by atoms with Gasteiger partial charge in [0.1, 0.15) is 6.10 Å². The van der Waals surface area contributed by atoms with Crippen LogP contribution < -0.4 is 11.6 Å².